The van der Waals surface area contributed by atoms with Crippen molar-refractivity contribution in [3.05, 3.63) is 52.1 Å². The molecule has 2 aliphatic carbocycles. The van der Waals surface area contributed by atoms with E-state index in [2.05, 4.69) is 5.32 Å². The number of carboxylic acids is 1. The Morgan fingerprint density at radius 1 is 1.20 bits per heavy atom. The second-order valence-corrected chi connectivity index (χ2v) is 6.43. The number of carbonyl (C=O) groups excluding carboxylic acids is 2. The highest BCUT2D eigenvalue weighted by molar-refractivity contribution is 5.86. The Bertz CT molecular complexity index is 729. The normalized spacial score (nSPS) is 27.9. The first-order chi connectivity index (χ1) is 11.9. The standard InChI is InChI=1S/C17H18N2O6/c20-13(9-3-5-12(6-4-9)19(24)25)8-18-16(21)14-10-1-2-11(7-10)15(14)17(22)23/h1-6,10-11,13-15,20H,7-8H2,(H,18,21)(H,22,23)/p-1. The molecule has 5 atom stereocenters. The van der Waals surface area contributed by atoms with E-state index < -0.39 is 34.7 Å². The summed E-state index contributed by atoms with van der Waals surface area (Å²) in [5, 5.41) is 34.6. The van der Waals surface area contributed by atoms with Gasteiger partial charge < -0.3 is 20.3 Å². The highest BCUT2D eigenvalue weighted by atomic mass is 16.6. The van der Waals surface area contributed by atoms with Crippen LogP contribution in [0.4, 0.5) is 5.69 Å². The molecule has 2 aliphatic rings. The van der Waals surface area contributed by atoms with Gasteiger partial charge in [0.05, 0.1) is 16.9 Å². The number of benzene rings is 1. The molecule has 1 saturated carbocycles. The van der Waals surface area contributed by atoms with Crippen LogP contribution in [0.15, 0.2) is 36.4 Å². The molecule has 132 valence electrons. The number of aliphatic hydroxyl groups is 1. The van der Waals surface area contributed by atoms with Gasteiger partial charge in [0, 0.05) is 30.6 Å². The summed E-state index contributed by atoms with van der Waals surface area (Å²) in [6.07, 6.45) is 3.27. The van der Waals surface area contributed by atoms with Crippen LogP contribution in [0.2, 0.25) is 0 Å². The Balaban J connectivity index is 1.61. The maximum atomic E-state index is 12.4. The van der Waals surface area contributed by atoms with Crippen LogP contribution in [0, 0.1) is 33.8 Å². The first-order valence-corrected chi connectivity index (χ1v) is 7.98. The summed E-state index contributed by atoms with van der Waals surface area (Å²) in [5.74, 6) is -3.48. The van der Waals surface area contributed by atoms with Gasteiger partial charge in [0.1, 0.15) is 0 Å². The van der Waals surface area contributed by atoms with Gasteiger partial charge in [-0.1, -0.05) is 12.2 Å². The quantitative estimate of drug-likeness (QED) is 0.421. The van der Waals surface area contributed by atoms with Crippen molar-refractivity contribution in [3.8, 4) is 0 Å². The minimum atomic E-state index is -1.23. The molecule has 1 amide bonds. The molecule has 8 nitrogen and oxygen atoms in total. The predicted octanol–water partition coefficient (Wildman–Crippen LogP) is -0.0674. The maximum Gasteiger partial charge on any atom is 0.269 e. The highest BCUT2D eigenvalue weighted by Gasteiger charge is 2.48. The van der Waals surface area contributed by atoms with E-state index in [1.54, 1.807) is 0 Å². The number of nitro benzene ring substituents is 1. The van der Waals surface area contributed by atoms with Crippen LogP contribution in [0.1, 0.15) is 18.1 Å². The van der Waals surface area contributed by atoms with Gasteiger partial charge in [0.25, 0.3) is 5.69 Å². The lowest BCUT2D eigenvalue weighted by Crippen LogP contribution is -2.45. The van der Waals surface area contributed by atoms with Gasteiger partial charge in [0.15, 0.2) is 0 Å². The average molecular weight is 345 g/mol. The van der Waals surface area contributed by atoms with Crippen LogP contribution < -0.4 is 10.4 Å². The molecule has 1 fully saturated rings. The minimum Gasteiger partial charge on any atom is -0.550 e. The number of nitrogens with zero attached hydrogens (tertiary/aromatic N) is 1. The second kappa shape index (κ2) is 6.64. The van der Waals surface area contributed by atoms with E-state index in [0.29, 0.717) is 12.0 Å². The summed E-state index contributed by atoms with van der Waals surface area (Å²) in [6.45, 7) is -0.103. The molecule has 0 saturated heterocycles. The lowest BCUT2D eigenvalue weighted by molar-refractivity contribution is -0.384. The van der Waals surface area contributed by atoms with Crippen LogP contribution in [-0.4, -0.2) is 28.5 Å². The molecule has 1 aromatic carbocycles. The number of hydrogen-bond donors (Lipinski definition) is 2. The summed E-state index contributed by atoms with van der Waals surface area (Å²) < 4.78 is 0. The number of rotatable bonds is 6. The number of non-ortho nitro benzene ring substituents is 1. The number of nitro groups is 1. The number of aliphatic hydroxyl groups excluding tert-OH is 1. The van der Waals surface area contributed by atoms with Gasteiger partial charge >= 0.3 is 0 Å². The number of amides is 1. The summed E-state index contributed by atoms with van der Waals surface area (Å²) in [5.41, 5.74) is 0.334. The average Bonchev–Trinajstić information content (AvgIpc) is 3.20. The second-order valence-electron chi connectivity index (χ2n) is 6.43. The van der Waals surface area contributed by atoms with E-state index in [9.17, 15) is 29.9 Å². The third-order valence-corrected chi connectivity index (χ3v) is 4.99. The number of carboxylic acid groups (broad SMARTS) is 1. The summed E-state index contributed by atoms with van der Waals surface area (Å²) in [4.78, 5) is 33.8. The monoisotopic (exact) mass is 345 g/mol. The van der Waals surface area contributed by atoms with E-state index >= 15 is 0 Å². The molecule has 0 aliphatic heterocycles. The third-order valence-electron chi connectivity index (χ3n) is 4.99. The lowest BCUT2D eigenvalue weighted by atomic mass is 9.82. The molecular formula is C17H17N2O6-. The first-order valence-electron chi connectivity index (χ1n) is 7.98. The van der Waals surface area contributed by atoms with Crippen molar-refractivity contribution in [2.24, 2.45) is 23.7 Å². The third kappa shape index (κ3) is 3.25. The Labute approximate surface area is 143 Å². The molecule has 3 rings (SSSR count). The Morgan fingerprint density at radius 3 is 2.36 bits per heavy atom. The number of nitrogens with one attached hydrogen (secondary N) is 1. The fourth-order valence-electron chi connectivity index (χ4n) is 3.75. The first kappa shape index (κ1) is 17.1. The van der Waals surface area contributed by atoms with Crippen LogP contribution in [0.25, 0.3) is 0 Å². The fraction of sp³-hybridized carbons (Fsp3) is 0.412. The maximum absolute atomic E-state index is 12.4. The molecule has 2 bridgehead atoms. The molecule has 8 heteroatoms. The van der Waals surface area contributed by atoms with Crippen molar-refractivity contribution in [1.82, 2.24) is 5.32 Å². The van der Waals surface area contributed by atoms with Crippen LogP contribution >= 0.6 is 0 Å². The SMILES string of the molecule is O=C([O-])C1C2C=CC(C2)C1C(=O)NCC(O)c1ccc([N+](=O)[O-])cc1. The van der Waals surface area contributed by atoms with E-state index in [1.807, 2.05) is 12.2 Å². The zero-order valence-corrected chi connectivity index (χ0v) is 13.2. The summed E-state index contributed by atoms with van der Waals surface area (Å²) in [7, 11) is 0. The molecule has 1 aromatic rings. The van der Waals surface area contributed by atoms with Crippen molar-refractivity contribution in [1.29, 1.82) is 0 Å². The van der Waals surface area contributed by atoms with E-state index in [-0.39, 0.29) is 24.1 Å². The van der Waals surface area contributed by atoms with Crippen LogP contribution in [0.5, 0.6) is 0 Å². The van der Waals surface area contributed by atoms with Gasteiger partial charge in [-0.25, -0.2) is 0 Å². The largest absolute Gasteiger partial charge is 0.550 e. The molecular weight excluding hydrogens is 328 g/mol. The van der Waals surface area contributed by atoms with Crippen molar-refractivity contribution < 1.29 is 24.7 Å². The summed E-state index contributed by atoms with van der Waals surface area (Å²) >= 11 is 0. The van der Waals surface area contributed by atoms with Gasteiger partial charge in [-0.05, 0) is 36.0 Å². The lowest BCUT2D eigenvalue weighted by Gasteiger charge is -2.28. The topological polar surface area (TPSA) is 133 Å². The van der Waals surface area contributed by atoms with Gasteiger partial charge in [0.2, 0.25) is 5.91 Å². The fourth-order valence-corrected chi connectivity index (χ4v) is 3.75. The van der Waals surface area contributed by atoms with E-state index in [1.165, 1.54) is 24.3 Å². The van der Waals surface area contributed by atoms with E-state index in [4.69, 9.17) is 0 Å². The van der Waals surface area contributed by atoms with Crippen molar-refractivity contribution >= 4 is 17.6 Å². The minimum absolute atomic E-state index is 0.0921. The predicted molar refractivity (Wildman–Crippen MR) is 83.8 cm³/mol. The Hall–Kier alpha value is -2.74. The van der Waals surface area contributed by atoms with E-state index in [0.717, 1.165) is 0 Å². The molecule has 0 heterocycles. The molecule has 25 heavy (non-hydrogen) atoms. The Kier molecular flexibility index (Phi) is 4.54. The number of hydrogen-bond acceptors (Lipinski definition) is 6. The van der Waals surface area contributed by atoms with Gasteiger partial charge in [-0.15, -0.1) is 0 Å². The number of fused-ring (bicyclic) bond motifs is 2. The number of aliphatic carboxylic acids is 1. The van der Waals surface area contributed by atoms with Gasteiger partial charge in [-0.3, -0.25) is 14.9 Å². The molecule has 0 aromatic heterocycles. The molecule has 2 N–H and O–H groups in total. The molecule has 5 unspecified atom stereocenters. The molecule has 0 radical (unpaired) electrons. The smallest absolute Gasteiger partial charge is 0.269 e. The molecule has 0 spiro atoms. The van der Waals surface area contributed by atoms with Crippen LogP contribution in [0.3, 0.4) is 0 Å². The van der Waals surface area contributed by atoms with Crippen molar-refractivity contribution in [2.75, 3.05) is 6.54 Å². The highest BCUT2D eigenvalue weighted by Crippen LogP contribution is 2.47. The van der Waals surface area contributed by atoms with Crippen molar-refractivity contribution in [2.45, 2.75) is 12.5 Å². The Morgan fingerprint density at radius 2 is 1.80 bits per heavy atom. The zero-order chi connectivity index (χ0) is 18.1. The van der Waals surface area contributed by atoms with Crippen molar-refractivity contribution in [3.63, 3.8) is 0 Å². The van der Waals surface area contributed by atoms with Crippen LogP contribution in [-0.2, 0) is 9.59 Å². The number of carbonyl (C=O) groups is 2. The zero-order valence-electron chi connectivity index (χ0n) is 13.2. The van der Waals surface area contributed by atoms with Gasteiger partial charge in [-0.2, -0.15) is 0 Å². The summed E-state index contributed by atoms with van der Waals surface area (Å²) in [6, 6.07) is 5.37. The number of allylic oxidation sites excluding steroid dienone is 2.